The molecule has 0 nitrogen and oxygen atoms in total. The number of hydrogen-bond acceptors (Lipinski definition) is 0. The predicted octanol–water partition coefficient (Wildman–Crippen LogP) is 2.48. The zero-order chi connectivity index (χ0) is 5.82. The van der Waals surface area contributed by atoms with Gasteiger partial charge < -0.3 is 0 Å². The van der Waals surface area contributed by atoms with Crippen molar-refractivity contribution in [2.75, 3.05) is 0 Å². The van der Waals surface area contributed by atoms with Gasteiger partial charge in [0.25, 0.3) is 0 Å². The van der Waals surface area contributed by atoms with Crippen molar-refractivity contribution in [2.24, 2.45) is 0 Å². The third-order valence-electron chi connectivity index (χ3n) is 1.37. The lowest BCUT2D eigenvalue weighted by Crippen LogP contribution is -1.66. The van der Waals surface area contributed by atoms with E-state index < -0.39 is 0 Å². The number of rotatable bonds is 1. The van der Waals surface area contributed by atoms with Crippen molar-refractivity contribution in [1.82, 2.24) is 0 Å². The molecule has 1 aliphatic rings. The standard InChI is InChI=1S/C8H11/c1-2-5-8-6-3-4-7-8/h2,6H,3-4,7H2,1H3. The molecule has 1 rings (SSSR count). The first-order valence-corrected chi connectivity index (χ1v) is 3.17. The van der Waals surface area contributed by atoms with Crippen LogP contribution in [-0.2, 0) is 0 Å². The minimum Gasteiger partial charge on any atom is -0.0807 e. The van der Waals surface area contributed by atoms with Gasteiger partial charge in [0.1, 0.15) is 0 Å². The van der Waals surface area contributed by atoms with Gasteiger partial charge in [-0.2, -0.15) is 0 Å². The molecule has 1 radical (unpaired) electrons. The second-order valence-corrected chi connectivity index (χ2v) is 2.05. The summed E-state index contributed by atoms with van der Waals surface area (Å²) < 4.78 is 0. The summed E-state index contributed by atoms with van der Waals surface area (Å²) in [6, 6.07) is 0. The molecular formula is C8H11. The summed E-state index contributed by atoms with van der Waals surface area (Å²) in [5.74, 6) is 0. The Morgan fingerprint density at radius 1 is 1.75 bits per heavy atom. The van der Waals surface area contributed by atoms with E-state index in [1.807, 2.05) is 13.0 Å². The quantitative estimate of drug-likeness (QED) is 0.483. The van der Waals surface area contributed by atoms with Gasteiger partial charge in [-0.05, 0) is 37.8 Å². The summed E-state index contributed by atoms with van der Waals surface area (Å²) in [4.78, 5) is 0. The maximum atomic E-state index is 3.18. The van der Waals surface area contributed by atoms with E-state index in [1.165, 1.54) is 24.8 Å². The van der Waals surface area contributed by atoms with Gasteiger partial charge in [0, 0.05) is 0 Å². The van der Waals surface area contributed by atoms with Crippen molar-refractivity contribution >= 4 is 0 Å². The Bertz CT molecular complexity index is 118. The number of hydrogen-bond donors (Lipinski definition) is 0. The summed E-state index contributed by atoms with van der Waals surface area (Å²) in [6.45, 7) is 2.01. The zero-order valence-electron chi connectivity index (χ0n) is 5.28. The fraction of sp³-hybridized carbons (Fsp3) is 0.500. The summed E-state index contributed by atoms with van der Waals surface area (Å²) in [5.41, 5.74) is 1.40. The molecule has 0 saturated heterocycles. The molecule has 0 aliphatic heterocycles. The first-order chi connectivity index (χ1) is 3.93. The second-order valence-electron chi connectivity index (χ2n) is 2.05. The Labute approximate surface area is 50.9 Å². The molecule has 0 aromatic rings. The van der Waals surface area contributed by atoms with Crippen molar-refractivity contribution in [2.45, 2.75) is 26.2 Å². The smallest absolute Gasteiger partial charge is 0.0198 e. The lowest BCUT2D eigenvalue weighted by atomic mass is 10.2. The molecule has 43 valence electrons. The minimum atomic E-state index is 1.24. The molecule has 8 heavy (non-hydrogen) atoms. The SMILES string of the molecule is C/C=[C]/C1=CCCC1. The van der Waals surface area contributed by atoms with Crippen LogP contribution in [0.1, 0.15) is 26.2 Å². The van der Waals surface area contributed by atoms with Crippen molar-refractivity contribution in [3.8, 4) is 0 Å². The third kappa shape index (κ3) is 1.22. The summed E-state index contributed by atoms with van der Waals surface area (Å²) in [5, 5.41) is 0. The van der Waals surface area contributed by atoms with E-state index in [2.05, 4.69) is 12.2 Å². The topological polar surface area (TPSA) is 0 Å². The number of allylic oxidation sites excluding steroid dienone is 4. The van der Waals surface area contributed by atoms with E-state index in [0.29, 0.717) is 0 Å². The van der Waals surface area contributed by atoms with Gasteiger partial charge in [-0.15, -0.1) is 0 Å². The van der Waals surface area contributed by atoms with Crippen LogP contribution in [0.5, 0.6) is 0 Å². The molecule has 0 bridgehead atoms. The highest BCUT2D eigenvalue weighted by Gasteiger charge is 1.98. The second kappa shape index (κ2) is 2.71. The molecule has 0 N–H and O–H groups in total. The zero-order valence-corrected chi connectivity index (χ0v) is 5.28. The molecule has 0 atom stereocenters. The van der Waals surface area contributed by atoms with Gasteiger partial charge in [-0.3, -0.25) is 0 Å². The third-order valence-corrected chi connectivity index (χ3v) is 1.37. The monoisotopic (exact) mass is 107 g/mol. The van der Waals surface area contributed by atoms with Crippen LogP contribution in [0.2, 0.25) is 0 Å². The predicted molar refractivity (Wildman–Crippen MR) is 35.4 cm³/mol. The Kier molecular flexibility index (Phi) is 1.90. The molecule has 0 aromatic carbocycles. The largest absolute Gasteiger partial charge is 0.0807 e. The molecule has 0 fully saturated rings. The van der Waals surface area contributed by atoms with Gasteiger partial charge in [0.05, 0.1) is 0 Å². The fourth-order valence-corrected chi connectivity index (χ4v) is 0.987. The van der Waals surface area contributed by atoms with Crippen LogP contribution in [0.4, 0.5) is 0 Å². The Hall–Kier alpha value is -0.520. The Morgan fingerprint density at radius 2 is 2.62 bits per heavy atom. The molecular weight excluding hydrogens is 96.1 g/mol. The van der Waals surface area contributed by atoms with E-state index in [-0.39, 0.29) is 0 Å². The van der Waals surface area contributed by atoms with Crippen LogP contribution in [0.25, 0.3) is 0 Å². The molecule has 0 heterocycles. The first kappa shape index (κ1) is 5.61. The lowest BCUT2D eigenvalue weighted by Gasteiger charge is -1.84. The highest BCUT2D eigenvalue weighted by Crippen LogP contribution is 2.17. The van der Waals surface area contributed by atoms with E-state index >= 15 is 0 Å². The first-order valence-electron chi connectivity index (χ1n) is 3.17. The van der Waals surface area contributed by atoms with Gasteiger partial charge >= 0.3 is 0 Å². The summed E-state index contributed by atoms with van der Waals surface area (Å²) >= 11 is 0. The average Bonchev–Trinajstić information content (AvgIpc) is 2.19. The summed E-state index contributed by atoms with van der Waals surface area (Å²) in [6.07, 6.45) is 11.3. The molecule has 0 spiro atoms. The van der Waals surface area contributed by atoms with Crippen LogP contribution in [0.15, 0.2) is 17.7 Å². The van der Waals surface area contributed by atoms with Gasteiger partial charge in [0.15, 0.2) is 0 Å². The van der Waals surface area contributed by atoms with E-state index in [4.69, 9.17) is 0 Å². The maximum absolute atomic E-state index is 3.18. The van der Waals surface area contributed by atoms with E-state index in [0.717, 1.165) is 0 Å². The fourth-order valence-electron chi connectivity index (χ4n) is 0.987. The van der Waals surface area contributed by atoms with Gasteiger partial charge in [0.2, 0.25) is 0 Å². The van der Waals surface area contributed by atoms with Crippen molar-refractivity contribution in [3.63, 3.8) is 0 Å². The highest BCUT2D eigenvalue weighted by molar-refractivity contribution is 5.15. The van der Waals surface area contributed by atoms with Crippen LogP contribution in [0, 0.1) is 6.08 Å². The van der Waals surface area contributed by atoms with Gasteiger partial charge in [-0.1, -0.05) is 12.2 Å². The normalized spacial score (nSPS) is 19.9. The van der Waals surface area contributed by atoms with E-state index in [9.17, 15) is 0 Å². The van der Waals surface area contributed by atoms with Crippen LogP contribution in [-0.4, -0.2) is 0 Å². The Morgan fingerprint density at radius 3 is 3.12 bits per heavy atom. The van der Waals surface area contributed by atoms with Crippen LogP contribution >= 0.6 is 0 Å². The molecule has 0 heteroatoms. The maximum Gasteiger partial charge on any atom is -0.0198 e. The summed E-state index contributed by atoms with van der Waals surface area (Å²) in [7, 11) is 0. The van der Waals surface area contributed by atoms with Crippen molar-refractivity contribution < 1.29 is 0 Å². The Balaban J connectivity index is 2.45. The van der Waals surface area contributed by atoms with Gasteiger partial charge in [-0.25, -0.2) is 0 Å². The highest BCUT2D eigenvalue weighted by atomic mass is 14.0. The van der Waals surface area contributed by atoms with E-state index in [1.54, 1.807) is 0 Å². The van der Waals surface area contributed by atoms with Crippen LogP contribution < -0.4 is 0 Å². The van der Waals surface area contributed by atoms with Crippen molar-refractivity contribution in [3.05, 3.63) is 23.8 Å². The van der Waals surface area contributed by atoms with Crippen LogP contribution in [0.3, 0.4) is 0 Å². The molecule has 1 aliphatic carbocycles. The average molecular weight is 107 g/mol. The molecule has 0 unspecified atom stereocenters. The lowest BCUT2D eigenvalue weighted by molar-refractivity contribution is 0.914. The van der Waals surface area contributed by atoms with Crippen molar-refractivity contribution in [1.29, 1.82) is 0 Å². The molecule has 0 aromatic heterocycles. The molecule has 0 amide bonds. The molecule has 0 saturated carbocycles. The minimum absolute atomic E-state index is 1.24.